The van der Waals surface area contributed by atoms with Crippen LogP contribution in [0.15, 0.2) is 54.9 Å². The summed E-state index contributed by atoms with van der Waals surface area (Å²) in [5.41, 5.74) is -1.02. The highest BCUT2D eigenvalue weighted by atomic mass is 35.5. The number of nitrogens with one attached hydrogen (secondary N) is 3. The van der Waals surface area contributed by atoms with E-state index in [1.807, 2.05) is 0 Å². The van der Waals surface area contributed by atoms with Crippen LogP contribution in [0, 0.1) is 0 Å². The van der Waals surface area contributed by atoms with Crippen molar-refractivity contribution in [3.63, 3.8) is 0 Å². The quantitative estimate of drug-likeness (QED) is 0.387. The third kappa shape index (κ3) is 6.32. The van der Waals surface area contributed by atoms with Gasteiger partial charge in [-0.1, -0.05) is 23.7 Å². The summed E-state index contributed by atoms with van der Waals surface area (Å²) in [6.07, 6.45) is -1.72. The molecule has 3 aromatic rings. The Morgan fingerprint density at radius 3 is 2.45 bits per heavy atom. The van der Waals surface area contributed by atoms with E-state index < -0.39 is 29.1 Å². The fourth-order valence-corrected chi connectivity index (χ4v) is 3.97. The van der Waals surface area contributed by atoms with Gasteiger partial charge in [0.1, 0.15) is 5.54 Å². The van der Waals surface area contributed by atoms with Crippen molar-refractivity contribution >= 4 is 34.8 Å². The molecule has 200 valence electrons. The SMILES string of the molecule is COc1ncc(C(=O)NC2(C(=O)NCc3ccc(Nc4ccc(Cl)cc4C(F)(F)F)cc3)CCOC2)cn1. The molecule has 0 aliphatic carbocycles. The van der Waals surface area contributed by atoms with Gasteiger partial charge in [-0.05, 0) is 35.9 Å². The number of amides is 2. The van der Waals surface area contributed by atoms with Crippen LogP contribution >= 0.6 is 11.6 Å². The Kier molecular flexibility index (Phi) is 8.02. The second-order valence-corrected chi connectivity index (χ2v) is 8.93. The molecule has 0 saturated carbocycles. The fourth-order valence-electron chi connectivity index (χ4n) is 3.80. The zero-order valence-electron chi connectivity index (χ0n) is 20.1. The summed E-state index contributed by atoms with van der Waals surface area (Å²) in [7, 11) is 1.40. The molecule has 1 aliphatic heterocycles. The number of aromatic nitrogens is 2. The number of hydrogen-bond acceptors (Lipinski definition) is 7. The second-order valence-electron chi connectivity index (χ2n) is 8.49. The Balaban J connectivity index is 1.39. The Morgan fingerprint density at radius 2 is 1.84 bits per heavy atom. The van der Waals surface area contributed by atoms with Gasteiger partial charge >= 0.3 is 12.2 Å². The van der Waals surface area contributed by atoms with E-state index in [1.165, 1.54) is 31.6 Å². The number of carbonyl (C=O) groups is 2. The van der Waals surface area contributed by atoms with Crippen LogP contribution < -0.4 is 20.7 Å². The molecule has 0 radical (unpaired) electrons. The van der Waals surface area contributed by atoms with Crippen LogP contribution in [-0.2, 0) is 22.3 Å². The number of rotatable bonds is 8. The maximum atomic E-state index is 13.4. The van der Waals surface area contributed by atoms with Gasteiger partial charge in [-0.15, -0.1) is 0 Å². The summed E-state index contributed by atoms with van der Waals surface area (Å²) >= 11 is 5.73. The summed E-state index contributed by atoms with van der Waals surface area (Å²) in [5, 5.41) is 8.25. The standard InChI is InChI=1S/C25H23ClF3N5O4/c1-37-23-31-12-16(13-32-23)21(35)34-24(8-9-38-14-24)22(36)30-11-15-2-5-18(6-3-15)33-20-7-4-17(26)10-19(20)25(27,28)29/h2-7,10,12-13,33H,8-9,11,14H2,1H3,(H,30,36)(H,34,35). The van der Waals surface area contributed by atoms with Crippen molar-refractivity contribution in [3.05, 3.63) is 76.6 Å². The Hall–Kier alpha value is -3.90. The van der Waals surface area contributed by atoms with Crippen LogP contribution in [0.5, 0.6) is 6.01 Å². The van der Waals surface area contributed by atoms with Crippen molar-refractivity contribution in [3.8, 4) is 6.01 Å². The largest absolute Gasteiger partial charge is 0.467 e. The first-order valence-electron chi connectivity index (χ1n) is 11.4. The zero-order chi connectivity index (χ0) is 27.3. The zero-order valence-corrected chi connectivity index (χ0v) is 20.8. The van der Waals surface area contributed by atoms with Crippen LogP contribution in [0.25, 0.3) is 0 Å². The maximum Gasteiger partial charge on any atom is 0.418 e. The lowest BCUT2D eigenvalue weighted by Crippen LogP contribution is -2.59. The Bertz CT molecular complexity index is 1300. The molecule has 0 bridgehead atoms. The van der Waals surface area contributed by atoms with E-state index in [-0.39, 0.29) is 48.5 Å². The summed E-state index contributed by atoms with van der Waals surface area (Å²) in [6.45, 7) is 0.405. The first kappa shape index (κ1) is 27.1. The molecule has 1 aromatic heterocycles. The molecule has 1 fully saturated rings. The molecular formula is C25H23ClF3N5O4. The van der Waals surface area contributed by atoms with E-state index in [0.29, 0.717) is 11.3 Å². The number of benzene rings is 2. The van der Waals surface area contributed by atoms with Crippen LogP contribution in [0.3, 0.4) is 0 Å². The van der Waals surface area contributed by atoms with Crippen LogP contribution in [-0.4, -0.2) is 47.6 Å². The van der Waals surface area contributed by atoms with Crippen molar-refractivity contribution < 1.29 is 32.2 Å². The van der Waals surface area contributed by atoms with Gasteiger partial charge in [0.25, 0.3) is 5.91 Å². The van der Waals surface area contributed by atoms with Crippen molar-refractivity contribution in [2.24, 2.45) is 0 Å². The molecule has 2 aromatic carbocycles. The van der Waals surface area contributed by atoms with Crippen molar-refractivity contribution in [2.45, 2.75) is 24.7 Å². The number of anilines is 2. The normalized spacial score (nSPS) is 17.1. The van der Waals surface area contributed by atoms with Crippen LogP contribution in [0.4, 0.5) is 24.5 Å². The van der Waals surface area contributed by atoms with Crippen molar-refractivity contribution in [2.75, 3.05) is 25.6 Å². The third-order valence-corrected chi connectivity index (χ3v) is 6.09. The number of halogens is 4. The van der Waals surface area contributed by atoms with E-state index in [2.05, 4.69) is 25.9 Å². The van der Waals surface area contributed by atoms with Gasteiger partial charge in [0.15, 0.2) is 0 Å². The Morgan fingerprint density at radius 1 is 1.13 bits per heavy atom. The minimum Gasteiger partial charge on any atom is -0.467 e. The predicted octanol–water partition coefficient (Wildman–Crippen LogP) is 4.11. The Labute approximate surface area is 220 Å². The first-order valence-corrected chi connectivity index (χ1v) is 11.7. The summed E-state index contributed by atoms with van der Waals surface area (Å²) in [6, 6.07) is 10.1. The summed E-state index contributed by atoms with van der Waals surface area (Å²) in [5.74, 6) is -0.972. The maximum absolute atomic E-state index is 13.4. The molecule has 1 saturated heterocycles. The van der Waals surface area contributed by atoms with Gasteiger partial charge in [-0.3, -0.25) is 9.59 Å². The molecule has 38 heavy (non-hydrogen) atoms. The minimum absolute atomic E-state index is 0.00687. The van der Waals surface area contributed by atoms with E-state index in [9.17, 15) is 22.8 Å². The molecule has 9 nitrogen and oxygen atoms in total. The van der Waals surface area contributed by atoms with E-state index >= 15 is 0 Å². The highest BCUT2D eigenvalue weighted by Crippen LogP contribution is 2.37. The van der Waals surface area contributed by atoms with E-state index in [1.54, 1.807) is 24.3 Å². The first-order chi connectivity index (χ1) is 18.1. The fraction of sp³-hybridized carbons (Fsp3) is 0.280. The molecule has 0 spiro atoms. The summed E-state index contributed by atoms with van der Waals surface area (Å²) < 4.78 is 50.3. The number of alkyl halides is 3. The lowest BCUT2D eigenvalue weighted by Gasteiger charge is -2.27. The molecule has 1 unspecified atom stereocenters. The number of hydrogen-bond donors (Lipinski definition) is 3. The van der Waals surface area contributed by atoms with Crippen LogP contribution in [0.2, 0.25) is 5.02 Å². The van der Waals surface area contributed by atoms with Crippen molar-refractivity contribution in [1.82, 2.24) is 20.6 Å². The smallest absolute Gasteiger partial charge is 0.418 e. The van der Waals surface area contributed by atoms with Crippen molar-refractivity contribution in [1.29, 1.82) is 0 Å². The number of methoxy groups -OCH3 is 1. The lowest BCUT2D eigenvalue weighted by molar-refractivity contribution is -0.137. The molecule has 13 heteroatoms. The number of ether oxygens (including phenoxy) is 2. The highest BCUT2D eigenvalue weighted by Gasteiger charge is 2.43. The van der Waals surface area contributed by atoms with E-state index in [4.69, 9.17) is 21.1 Å². The van der Waals surface area contributed by atoms with E-state index in [0.717, 1.165) is 6.07 Å². The average Bonchev–Trinajstić information content (AvgIpc) is 3.38. The molecule has 2 heterocycles. The molecule has 1 aliphatic rings. The second kappa shape index (κ2) is 11.2. The van der Waals surface area contributed by atoms with Crippen LogP contribution in [0.1, 0.15) is 27.9 Å². The average molecular weight is 550 g/mol. The predicted molar refractivity (Wildman–Crippen MR) is 132 cm³/mol. The number of carbonyl (C=O) groups excluding carboxylic acids is 2. The van der Waals surface area contributed by atoms with Gasteiger partial charge in [0.2, 0.25) is 5.91 Å². The third-order valence-electron chi connectivity index (χ3n) is 5.86. The molecule has 2 amide bonds. The molecule has 4 rings (SSSR count). The topological polar surface area (TPSA) is 114 Å². The van der Waals surface area contributed by atoms with Gasteiger partial charge in [-0.25, -0.2) is 9.97 Å². The van der Waals surface area contributed by atoms with Gasteiger partial charge in [-0.2, -0.15) is 13.2 Å². The molecule has 3 N–H and O–H groups in total. The van der Waals surface area contributed by atoms with Gasteiger partial charge in [0.05, 0.1) is 30.5 Å². The highest BCUT2D eigenvalue weighted by molar-refractivity contribution is 6.30. The monoisotopic (exact) mass is 549 g/mol. The molecule has 1 atom stereocenters. The number of nitrogens with zero attached hydrogens (tertiary/aromatic N) is 2. The lowest BCUT2D eigenvalue weighted by atomic mass is 9.96. The minimum atomic E-state index is -4.58. The molecular weight excluding hydrogens is 527 g/mol. The van der Waals surface area contributed by atoms with Gasteiger partial charge in [0, 0.05) is 42.7 Å². The van der Waals surface area contributed by atoms with Gasteiger partial charge < -0.3 is 25.4 Å². The summed E-state index contributed by atoms with van der Waals surface area (Å²) in [4.78, 5) is 33.6.